The fourth-order valence-electron chi connectivity index (χ4n) is 8.45. The Labute approximate surface area is 243 Å². The molecule has 6 aromatic rings. The van der Waals surface area contributed by atoms with Crippen LogP contribution in [0.3, 0.4) is 0 Å². The zero-order chi connectivity index (χ0) is 28.6. The van der Waals surface area contributed by atoms with Crippen molar-refractivity contribution in [3.05, 3.63) is 111 Å². The highest BCUT2D eigenvalue weighted by molar-refractivity contribution is 6.18. The molecule has 0 heterocycles. The average Bonchev–Trinajstić information content (AvgIpc) is 3.32. The highest BCUT2D eigenvalue weighted by Gasteiger charge is 2.43. The molecular weight excluding hydrogens is 492 g/mol. The van der Waals surface area contributed by atoms with Gasteiger partial charge in [-0.05, 0) is 131 Å². The lowest BCUT2D eigenvalue weighted by Gasteiger charge is -2.25. The van der Waals surface area contributed by atoms with Gasteiger partial charge < -0.3 is 0 Å². The molecule has 2 aliphatic rings. The van der Waals surface area contributed by atoms with E-state index in [0.29, 0.717) is 5.92 Å². The van der Waals surface area contributed by atoms with Gasteiger partial charge in [0.1, 0.15) is 0 Å². The van der Waals surface area contributed by atoms with Crippen LogP contribution in [0.15, 0.2) is 72.8 Å². The molecule has 0 N–H and O–H groups in total. The minimum Gasteiger partial charge on any atom is -0.0798 e. The molecule has 8 rings (SSSR count). The molecule has 0 bridgehead atoms. The van der Waals surface area contributed by atoms with Crippen LogP contribution in [0.5, 0.6) is 0 Å². The standard InChI is InChI=1S/C41H38/c1-9-24-16-17-28-37-25(15-14-23(4)36(24)37)18-34-39(28)31-21-32-30(20-33(31)40(34,5)6)38-27-13-11-10-12-26(27)29(22(2)3)19-35(38)41(32,7)8/h9-22H,1-8H3/b24-9-. The summed E-state index contributed by atoms with van der Waals surface area (Å²) < 4.78 is 0. The Bertz CT molecular complexity index is 2180. The fraction of sp³-hybridized carbons (Fsp3) is 0.268. The van der Waals surface area contributed by atoms with Gasteiger partial charge in [0.15, 0.2) is 0 Å². The van der Waals surface area contributed by atoms with Gasteiger partial charge >= 0.3 is 0 Å². The van der Waals surface area contributed by atoms with E-state index in [4.69, 9.17) is 0 Å². The number of rotatable bonds is 1. The molecule has 0 aromatic heterocycles. The Morgan fingerprint density at radius 1 is 0.610 bits per heavy atom. The van der Waals surface area contributed by atoms with Crippen LogP contribution in [0.25, 0.3) is 60.6 Å². The molecule has 0 saturated heterocycles. The van der Waals surface area contributed by atoms with Gasteiger partial charge in [-0.3, -0.25) is 0 Å². The van der Waals surface area contributed by atoms with Crippen molar-refractivity contribution in [3.63, 3.8) is 0 Å². The predicted octanol–water partition coefficient (Wildman–Crippen LogP) is 10.7. The maximum Gasteiger partial charge on any atom is 0.0159 e. The first-order valence-electron chi connectivity index (χ1n) is 15.3. The Morgan fingerprint density at radius 3 is 1.85 bits per heavy atom. The maximum absolute atomic E-state index is 2.58. The van der Waals surface area contributed by atoms with Crippen molar-refractivity contribution in [2.45, 2.75) is 72.1 Å². The molecule has 6 aromatic carbocycles. The molecule has 0 unspecified atom stereocenters. The molecule has 0 fully saturated rings. The molecule has 0 amide bonds. The van der Waals surface area contributed by atoms with Gasteiger partial charge in [0, 0.05) is 10.8 Å². The topological polar surface area (TPSA) is 0 Å². The molecule has 0 heteroatoms. The SMILES string of the molecule is C/C=c1/ccc2c3c(cc4ccc(C)c1c42)C(C)(C)c1cc2c(cc1-3)C(C)(C)c1cc(C(C)C)c3ccccc3c1-2. The van der Waals surface area contributed by atoms with E-state index in [-0.39, 0.29) is 10.8 Å². The summed E-state index contributed by atoms with van der Waals surface area (Å²) in [5, 5.41) is 9.70. The molecule has 0 nitrogen and oxygen atoms in total. The van der Waals surface area contributed by atoms with E-state index in [1.54, 1.807) is 0 Å². The van der Waals surface area contributed by atoms with E-state index in [9.17, 15) is 0 Å². The summed E-state index contributed by atoms with van der Waals surface area (Å²) in [6.45, 7) is 18.8. The van der Waals surface area contributed by atoms with Crippen LogP contribution in [-0.2, 0) is 10.8 Å². The molecule has 2 aliphatic carbocycles. The first-order valence-corrected chi connectivity index (χ1v) is 15.3. The number of aryl methyl sites for hydroxylation is 1. The normalized spacial score (nSPS) is 16.6. The van der Waals surface area contributed by atoms with Gasteiger partial charge in [-0.1, -0.05) is 102 Å². The zero-order valence-corrected chi connectivity index (χ0v) is 25.6. The highest BCUT2D eigenvalue weighted by Crippen LogP contribution is 2.59. The van der Waals surface area contributed by atoms with E-state index in [2.05, 4.69) is 134 Å². The van der Waals surface area contributed by atoms with Crippen molar-refractivity contribution in [2.75, 3.05) is 0 Å². The number of benzene rings is 6. The quantitative estimate of drug-likeness (QED) is 0.198. The first kappa shape index (κ1) is 24.9. The van der Waals surface area contributed by atoms with Crippen LogP contribution in [0.4, 0.5) is 0 Å². The summed E-state index contributed by atoms with van der Waals surface area (Å²) in [5.41, 5.74) is 14.3. The Morgan fingerprint density at radius 2 is 1.22 bits per heavy atom. The minimum atomic E-state index is -0.0786. The second-order valence-electron chi connectivity index (χ2n) is 13.9. The molecule has 0 aliphatic heterocycles. The third kappa shape index (κ3) is 2.96. The predicted molar refractivity (Wildman–Crippen MR) is 178 cm³/mol. The van der Waals surface area contributed by atoms with E-state index in [1.807, 2.05) is 0 Å². The minimum absolute atomic E-state index is 0.0654. The summed E-state index contributed by atoms with van der Waals surface area (Å²) in [4.78, 5) is 0. The van der Waals surface area contributed by atoms with E-state index < -0.39 is 0 Å². The van der Waals surface area contributed by atoms with Crippen molar-refractivity contribution < 1.29 is 0 Å². The number of hydrogen-bond donors (Lipinski definition) is 0. The largest absolute Gasteiger partial charge is 0.0798 e. The van der Waals surface area contributed by atoms with Crippen LogP contribution in [0, 0.1) is 6.92 Å². The summed E-state index contributed by atoms with van der Waals surface area (Å²) in [6, 6.07) is 28.6. The van der Waals surface area contributed by atoms with Gasteiger partial charge in [-0.15, -0.1) is 0 Å². The Hall–Kier alpha value is -3.90. The third-order valence-corrected chi connectivity index (χ3v) is 10.7. The lowest BCUT2D eigenvalue weighted by atomic mass is 9.78. The van der Waals surface area contributed by atoms with Gasteiger partial charge in [0.25, 0.3) is 0 Å². The van der Waals surface area contributed by atoms with Gasteiger partial charge in [0.05, 0.1) is 0 Å². The van der Waals surface area contributed by atoms with Crippen LogP contribution in [-0.4, -0.2) is 0 Å². The van der Waals surface area contributed by atoms with Crippen molar-refractivity contribution in [3.8, 4) is 22.3 Å². The molecular formula is C41H38. The summed E-state index contributed by atoms with van der Waals surface area (Å²) >= 11 is 0. The summed E-state index contributed by atoms with van der Waals surface area (Å²) in [6.07, 6.45) is 2.26. The van der Waals surface area contributed by atoms with Crippen LogP contribution >= 0.6 is 0 Å². The zero-order valence-electron chi connectivity index (χ0n) is 25.6. The molecule has 0 atom stereocenters. The second-order valence-corrected chi connectivity index (χ2v) is 13.9. The summed E-state index contributed by atoms with van der Waals surface area (Å²) in [7, 11) is 0. The monoisotopic (exact) mass is 530 g/mol. The van der Waals surface area contributed by atoms with Gasteiger partial charge in [-0.2, -0.15) is 0 Å². The lowest BCUT2D eigenvalue weighted by molar-refractivity contribution is 0.651. The molecule has 41 heavy (non-hydrogen) atoms. The number of hydrogen-bond acceptors (Lipinski definition) is 0. The van der Waals surface area contributed by atoms with E-state index >= 15 is 0 Å². The first-order chi connectivity index (χ1) is 19.6. The lowest BCUT2D eigenvalue weighted by Crippen LogP contribution is -2.17. The summed E-state index contributed by atoms with van der Waals surface area (Å²) in [5.74, 6) is 0.480. The van der Waals surface area contributed by atoms with Crippen molar-refractivity contribution >= 4 is 38.4 Å². The second kappa shape index (κ2) is 7.89. The average molecular weight is 531 g/mol. The molecule has 0 radical (unpaired) electrons. The van der Waals surface area contributed by atoms with Crippen LogP contribution in [0.2, 0.25) is 0 Å². The van der Waals surface area contributed by atoms with Crippen LogP contribution in [0.1, 0.15) is 87.8 Å². The Kier molecular flexibility index (Phi) is 4.78. The molecule has 202 valence electrons. The maximum atomic E-state index is 2.58. The molecule has 0 spiro atoms. The molecule has 0 saturated carbocycles. The van der Waals surface area contributed by atoms with E-state index in [1.165, 1.54) is 93.2 Å². The van der Waals surface area contributed by atoms with Gasteiger partial charge in [0.2, 0.25) is 0 Å². The van der Waals surface area contributed by atoms with Crippen molar-refractivity contribution in [1.29, 1.82) is 0 Å². The van der Waals surface area contributed by atoms with E-state index in [0.717, 1.165) is 0 Å². The van der Waals surface area contributed by atoms with Crippen molar-refractivity contribution in [1.82, 2.24) is 0 Å². The van der Waals surface area contributed by atoms with Gasteiger partial charge in [-0.25, -0.2) is 0 Å². The third-order valence-electron chi connectivity index (χ3n) is 10.7. The van der Waals surface area contributed by atoms with Crippen molar-refractivity contribution in [2.24, 2.45) is 0 Å². The fourth-order valence-corrected chi connectivity index (χ4v) is 8.45. The number of fused-ring (bicyclic) bond motifs is 9. The smallest absolute Gasteiger partial charge is 0.0159 e. The van der Waals surface area contributed by atoms with Crippen LogP contribution < -0.4 is 5.22 Å². The highest BCUT2D eigenvalue weighted by atomic mass is 14.5. The Balaban J connectivity index is 1.50.